The van der Waals surface area contributed by atoms with Crippen LogP contribution in [0.5, 0.6) is 0 Å². The molecule has 4 nitrogen and oxygen atoms in total. The van der Waals surface area contributed by atoms with Crippen LogP contribution in [0.25, 0.3) is 0 Å². The third-order valence-electron chi connectivity index (χ3n) is 6.05. The van der Waals surface area contributed by atoms with Gasteiger partial charge < -0.3 is 10.1 Å². The van der Waals surface area contributed by atoms with Gasteiger partial charge in [-0.2, -0.15) is 18.4 Å². The SMILES string of the molecule is CC1(C)C(C(=O)OC(C#N)c2cccc(Nc3ccc(Br)cc3)c2)C1(C)C(F)(F)F. The smallest absolute Gasteiger partial charge is 0.395 e. The molecule has 1 fully saturated rings. The first-order valence-electron chi connectivity index (χ1n) is 9.21. The third-order valence-corrected chi connectivity index (χ3v) is 6.58. The summed E-state index contributed by atoms with van der Waals surface area (Å²) in [6.07, 6.45) is -5.85. The first kappa shape index (κ1) is 22.2. The van der Waals surface area contributed by atoms with E-state index in [9.17, 15) is 23.2 Å². The Kier molecular flexibility index (Phi) is 5.63. The molecule has 0 aromatic heterocycles. The summed E-state index contributed by atoms with van der Waals surface area (Å²) < 4.78 is 46.6. The fourth-order valence-electron chi connectivity index (χ4n) is 3.87. The average Bonchev–Trinajstić information content (AvgIpc) is 3.15. The Morgan fingerprint density at radius 3 is 2.33 bits per heavy atom. The maximum absolute atomic E-state index is 13.5. The molecule has 0 heterocycles. The highest BCUT2D eigenvalue weighted by Gasteiger charge is 2.83. The largest absolute Gasteiger partial charge is 0.442 e. The average molecular weight is 481 g/mol. The van der Waals surface area contributed by atoms with Crippen LogP contribution in [0.1, 0.15) is 32.4 Å². The van der Waals surface area contributed by atoms with Gasteiger partial charge in [-0.25, -0.2) is 0 Å². The fraction of sp³-hybridized carbons (Fsp3) is 0.364. The molecule has 2 aromatic rings. The summed E-state index contributed by atoms with van der Waals surface area (Å²) in [5.74, 6) is -2.37. The van der Waals surface area contributed by atoms with Crippen molar-refractivity contribution < 1.29 is 22.7 Å². The van der Waals surface area contributed by atoms with Gasteiger partial charge in [0, 0.05) is 21.4 Å². The van der Waals surface area contributed by atoms with Crippen molar-refractivity contribution in [2.24, 2.45) is 16.7 Å². The highest BCUT2D eigenvalue weighted by atomic mass is 79.9. The number of anilines is 2. The fourth-order valence-corrected chi connectivity index (χ4v) is 4.14. The first-order valence-corrected chi connectivity index (χ1v) is 10.0. The number of ether oxygens (including phenoxy) is 1. The van der Waals surface area contributed by atoms with Gasteiger partial charge in [0.1, 0.15) is 6.07 Å². The number of rotatable bonds is 5. The van der Waals surface area contributed by atoms with Crippen LogP contribution in [0.4, 0.5) is 24.5 Å². The van der Waals surface area contributed by atoms with Crippen molar-refractivity contribution >= 4 is 33.3 Å². The van der Waals surface area contributed by atoms with Crippen LogP contribution in [0.2, 0.25) is 0 Å². The van der Waals surface area contributed by atoms with E-state index in [1.807, 2.05) is 30.3 Å². The Morgan fingerprint density at radius 2 is 1.80 bits per heavy atom. The van der Waals surface area contributed by atoms with Gasteiger partial charge in [-0.1, -0.05) is 41.9 Å². The molecule has 0 spiro atoms. The summed E-state index contributed by atoms with van der Waals surface area (Å²) in [6.45, 7) is 3.79. The molecule has 30 heavy (non-hydrogen) atoms. The van der Waals surface area contributed by atoms with Crippen LogP contribution >= 0.6 is 15.9 Å². The number of alkyl halides is 3. The van der Waals surface area contributed by atoms with Gasteiger partial charge in [0.15, 0.2) is 0 Å². The maximum Gasteiger partial charge on any atom is 0.395 e. The van der Waals surface area contributed by atoms with Crippen LogP contribution in [0, 0.1) is 28.1 Å². The van der Waals surface area contributed by atoms with E-state index in [1.54, 1.807) is 24.3 Å². The second kappa shape index (κ2) is 7.62. The lowest BCUT2D eigenvalue weighted by Gasteiger charge is -2.18. The Morgan fingerprint density at radius 1 is 1.17 bits per heavy atom. The Bertz CT molecular complexity index is 999. The van der Waals surface area contributed by atoms with Crippen molar-refractivity contribution in [3.63, 3.8) is 0 Å². The first-order chi connectivity index (χ1) is 13.9. The summed E-state index contributed by atoms with van der Waals surface area (Å²) in [5.41, 5.74) is -1.64. The summed E-state index contributed by atoms with van der Waals surface area (Å²) in [5, 5.41) is 12.7. The van der Waals surface area contributed by atoms with Gasteiger partial charge in [0.05, 0.1) is 11.3 Å². The van der Waals surface area contributed by atoms with E-state index in [0.29, 0.717) is 11.3 Å². The molecule has 3 rings (SSSR count). The summed E-state index contributed by atoms with van der Waals surface area (Å²) in [6, 6.07) is 16.0. The van der Waals surface area contributed by atoms with E-state index in [-0.39, 0.29) is 0 Å². The van der Waals surface area contributed by atoms with Crippen molar-refractivity contribution in [1.82, 2.24) is 0 Å². The lowest BCUT2D eigenvalue weighted by Crippen LogP contribution is -2.28. The number of carbonyl (C=O) groups is 1. The number of benzene rings is 2. The quantitative estimate of drug-likeness (QED) is 0.494. The molecule has 1 aliphatic rings. The lowest BCUT2D eigenvalue weighted by molar-refractivity contribution is -0.198. The molecular formula is C22H20BrF3N2O2. The number of carbonyl (C=O) groups excluding carboxylic acids is 1. The number of nitrogens with one attached hydrogen (secondary N) is 1. The van der Waals surface area contributed by atoms with Crippen LogP contribution in [-0.2, 0) is 9.53 Å². The summed E-state index contributed by atoms with van der Waals surface area (Å²) in [7, 11) is 0. The molecule has 1 N–H and O–H groups in total. The molecule has 3 atom stereocenters. The zero-order valence-corrected chi connectivity index (χ0v) is 18.1. The van der Waals surface area contributed by atoms with Gasteiger partial charge >= 0.3 is 12.1 Å². The van der Waals surface area contributed by atoms with Gasteiger partial charge in [-0.3, -0.25) is 4.79 Å². The van der Waals surface area contributed by atoms with Crippen LogP contribution < -0.4 is 5.32 Å². The van der Waals surface area contributed by atoms with Crippen LogP contribution in [0.3, 0.4) is 0 Å². The van der Waals surface area contributed by atoms with E-state index in [0.717, 1.165) is 17.1 Å². The molecule has 0 radical (unpaired) electrons. The van der Waals surface area contributed by atoms with Crippen LogP contribution in [-0.4, -0.2) is 12.1 Å². The predicted molar refractivity (Wildman–Crippen MR) is 110 cm³/mol. The normalized spacial score (nSPS) is 23.2. The number of hydrogen-bond acceptors (Lipinski definition) is 4. The van der Waals surface area contributed by atoms with Crippen LogP contribution in [0.15, 0.2) is 53.0 Å². The van der Waals surface area contributed by atoms with E-state index in [2.05, 4.69) is 21.2 Å². The Labute approximate surface area is 181 Å². The van der Waals surface area contributed by atoms with Gasteiger partial charge in [-0.05, 0) is 48.7 Å². The number of esters is 1. The molecule has 158 valence electrons. The monoisotopic (exact) mass is 480 g/mol. The molecular weight excluding hydrogens is 461 g/mol. The van der Waals surface area contributed by atoms with Gasteiger partial charge in [-0.15, -0.1) is 0 Å². The van der Waals surface area contributed by atoms with Gasteiger partial charge in [0.2, 0.25) is 6.10 Å². The Balaban J connectivity index is 1.76. The second-order valence-corrected chi connectivity index (χ2v) is 8.97. The highest BCUT2D eigenvalue weighted by Crippen LogP contribution is 2.75. The van der Waals surface area contributed by atoms with Crippen molar-refractivity contribution in [3.05, 3.63) is 58.6 Å². The minimum atomic E-state index is -4.54. The van der Waals surface area contributed by atoms with E-state index >= 15 is 0 Å². The number of nitriles is 1. The second-order valence-electron chi connectivity index (χ2n) is 8.06. The van der Waals surface area contributed by atoms with E-state index in [4.69, 9.17) is 4.74 Å². The number of nitrogens with zero attached hydrogens (tertiary/aromatic N) is 1. The minimum absolute atomic E-state index is 0.375. The van der Waals surface area contributed by atoms with Crippen molar-refractivity contribution in [1.29, 1.82) is 5.26 Å². The molecule has 1 aliphatic carbocycles. The molecule has 0 aliphatic heterocycles. The Hall–Kier alpha value is -2.53. The van der Waals surface area contributed by atoms with Crippen molar-refractivity contribution in [2.45, 2.75) is 33.1 Å². The lowest BCUT2D eigenvalue weighted by atomic mass is 9.98. The zero-order valence-electron chi connectivity index (χ0n) is 16.5. The van der Waals surface area contributed by atoms with E-state index in [1.165, 1.54) is 13.8 Å². The molecule has 0 amide bonds. The molecule has 8 heteroatoms. The maximum atomic E-state index is 13.5. The molecule has 2 aromatic carbocycles. The molecule has 0 bridgehead atoms. The number of hydrogen-bond donors (Lipinski definition) is 1. The summed E-state index contributed by atoms with van der Waals surface area (Å²) >= 11 is 3.36. The third kappa shape index (κ3) is 3.79. The zero-order chi connectivity index (χ0) is 22.3. The molecule has 3 unspecified atom stereocenters. The predicted octanol–water partition coefficient (Wildman–Crippen LogP) is 6.53. The van der Waals surface area contributed by atoms with E-state index < -0.39 is 35.0 Å². The molecule has 1 saturated carbocycles. The van der Waals surface area contributed by atoms with Crippen molar-refractivity contribution in [3.8, 4) is 6.07 Å². The van der Waals surface area contributed by atoms with Crippen molar-refractivity contribution in [2.75, 3.05) is 5.32 Å². The molecule has 0 saturated heterocycles. The highest BCUT2D eigenvalue weighted by molar-refractivity contribution is 9.10. The standard InChI is InChI=1S/C22H20BrF3N2O2/c1-20(2)18(21(20,3)22(24,25)26)19(29)30-17(12-27)13-5-4-6-16(11-13)28-15-9-7-14(23)8-10-15/h4-11,17-18,28H,1-3H3. The summed E-state index contributed by atoms with van der Waals surface area (Å²) in [4.78, 5) is 12.5. The topological polar surface area (TPSA) is 62.1 Å². The minimum Gasteiger partial charge on any atom is -0.442 e. The van der Waals surface area contributed by atoms with Gasteiger partial charge in [0.25, 0.3) is 0 Å². The number of halogens is 4.